The van der Waals surface area contributed by atoms with E-state index < -0.39 is 23.1 Å². The number of aromatic nitrogens is 2. The smallest absolute Gasteiger partial charge is 0.416 e. The van der Waals surface area contributed by atoms with Crippen LogP contribution in [0.4, 0.5) is 13.2 Å². The van der Waals surface area contributed by atoms with Crippen molar-refractivity contribution in [2.75, 3.05) is 6.54 Å². The number of hydrogen-bond donors (Lipinski definition) is 1. The van der Waals surface area contributed by atoms with Crippen LogP contribution in [0.2, 0.25) is 0 Å². The summed E-state index contributed by atoms with van der Waals surface area (Å²) < 4.78 is 41.9. The predicted molar refractivity (Wildman–Crippen MR) is 130 cm³/mol. The van der Waals surface area contributed by atoms with Gasteiger partial charge in [0.2, 0.25) is 5.91 Å². The zero-order chi connectivity index (χ0) is 26.0. The molecule has 2 aliphatic carbocycles. The van der Waals surface area contributed by atoms with Gasteiger partial charge in [-0.3, -0.25) is 9.59 Å². The molecule has 1 amide bonds. The molecule has 3 heterocycles. The van der Waals surface area contributed by atoms with E-state index in [4.69, 9.17) is 0 Å². The number of carboxylic acid groups (broad SMARTS) is 1. The number of carbonyl (C=O) groups is 2. The molecule has 37 heavy (non-hydrogen) atoms. The van der Waals surface area contributed by atoms with Crippen molar-refractivity contribution >= 4 is 22.9 Å². The van der Waals surface area contributed by atoms with Crippen molar-refractivity contribution < 1.29 is 27.9 Å². The number of benzene rings is 1. The van der Waals surface area contributed by atoms with E-state index in [0.29, 0.717) is 56.4 Å². The number of aliphatic carboxylic acids is 1. The number of fused-ring (bicyclic) bond motifs is 5. The number of amides is 1. The minimum Gasteiger partial charge on any atom is -0.481 e. The van der Waals surface area contributed by atoms with Crippen molar-refractivity contribution in [1.82, 2.24) is 14.5 Å². The largest absolute Gasteiger partial charge is 0.481 e. The van der Waals surface area contributed by atoms with Crippen LogP contribution in [0.1, 0.15) is 60.9 Å². The third-order valence-electron chi connectivity index (χ3n) is 8.92. The van der Waals surface area contributed by atoms with Crippen LogP contribution in [-0.4, -0.2) is 38.0 Å². The average Bonchev–Trinajstić information content (AvgIpc) is 3.53. The highest BCUT2D eigenvalue weighted by atomic mass is 19.4. The van der Waals surface area contributed by atoms with Gasteiger partial charge in [0.1, 0.15) is 5.65 Å². The van der Waals surface area contributed by atoms with Gasteiger partial charge in [-0.25, -0.2) is 4.98 Å². The van der Waals surface area contributed by atoms with Crippen LogP contribution in [0.25, 0.3) is 11.0 Å². The molecule has 3 aromatic rings. The Hall–Kier alpha value is -3.36. The number of carboxylic acids is 1. The van der Waals surface area contributed by atoms with Crippen LogP contribution in [0.5, 0.6) is 0 Å². The van der Waals surface area contributed by atoms with Gasteiger partial charge in [-0.05, 0) is 79.3 Å². The van der Waals surface area contributed by atoms with Gasteiger partial charge in [-0.2, -0.15) is 13.2 Å². The number of hydrogen-bond acceptors (Lipinski definition) is 3. The minimum atomic E-state index is -4.42. The Labute approximate surface area is 212 Å². The maximum Gasteiger partial charge on any atom is 0.416 e. The van der Waals surface area contributed by atoms with Gasteiger partial charge in [-0.15, -0.1) is 0 Å². The lowest BCUT2D eigenvalue weighted by Crippen LogP contribution is -2.39. The number of halogens is 3. The van der Waals surface area contributed by atoms with Gasteiger partial charge < -0.3 is 14.6 Å². The number of pyridine rings is 1. The first kappa shape index (κ1) is 24.0. The van der Waals surface area contributed by atoms with E-state index in [9.17, 15) is 27.9 Å². The maximum absolute atomic E-state index is 13.5. The lowest BCUT2D eigenvalue weighted by Gasteiger charge is -2.33. The summed E-state index contributed by atoms with van der Waals surface area (Å²) in [5, 5.41) is 10.7. The molecule has 0 unspecified atom stereocenters. The number of nitrogens with zero attached hydrogens (tertiary/aromatic N) is 3. The molecule has 0 radical (unpaired) electrons. The van der Waals surface area contributed by atoms with Crippen molar-refractivity contribution in [2.45, 2.75) is 64.2 Å². The third-order valence-corrected chi connectivity index (χ3v) is 8.92. The van der Waals surface area contributed by atoms with E-state index in [1.54, 1.807) is 12.3 Å². The molecule has 2 bridgehead atoms. The van der Waals surface area contributed by atoms with E-state index in [2.05, 4.69) is 4.98 Å². The molecule has 6 rings (SSSR count). The van der Waals surface area contributed by atoms with E-state index in [0.717, 1.165) is 35.6 Å². The second-order valence-electron chi connectivity index (χ2n) is 11.1. The first-order valence-electron chi connectivity index (χ1n) is 12.7. The second kappa shape index (κ2) is 8.33. The topological polar surface area (TPSA) is 75.4 Å². The molecule has 0 spiro atoms. The van der Waals surface area contributed by atoms with Gasteiger partial charge in [0.15, 0.2) is 0 Å². The van der Waals surface area contributed by atoms with E-state index in [-0.39, 0.29) is 17.9 Å². The summed E-state index contributed by atoms with van der Waals surface area (Å²) in [6.07, 6.45) is 1.62. The first-order valence-corrected chi connectivity index (χ1v) is 12.7. The highest BCUT2D eigenvalue weighted by molar-refractivity contribution is 5.84. The van der Waals surface area contributed by atoms with Crippen molar-refractivity contribution in [3.63, 3.8) is 0 Å². The Bertz CT molecular complexity index is 1400. The fourth-order valence-corrected chi connectivity index (χ4v) is 6.96. The number of rotatable bonds is 5. The summed E-state index contributed by atoms with van der Waals surface area (Å²) in [4.78, 5) is 31.7. The summed E-state index contributed by atoms with van der Waals surface area (Å²) in [6, 6.07) is 9.15. The zero-order valence-electron chi connectivity index (χ0n) is 20.4. The second-order valence-corrected chi connectivity index (χ2v) is 11.1. The monoisotopic (exact) mass is 511 g/mol. The highest BCUT2D eigenvalue weighted by Crippen LogP contribution is 2.63. The summed E-state index contributed by atoms with van der Waals surface area (Å²) in [6.45, 7) is 1.15. The molecule has 2 fully saturated rings. The molecule has 0 atom stereocenters. The Morgan fingerprint density at radius 2 is 1.86 bits per heavy atom. The van der Waals surface area contributed by atoms with Crippen LogP contribution in [0.15, 0.2) is 42.6 Å². The normalized spacial score (nSPS) is 25.0. The SMILES string of the molecule is O=C(CC12CCC(C(=O)O)(CC1)C2)N1CCc2c(n(Cc3cccc(C(F)(F)F)c3)c3ncccc23)C1. The van der Waals surface area contributed by atoms with Crippen LogP contribution in [0.3, 0.4) is 0 Å². The molecule has 1 N–H and O–H groups in total. The summed E-state index contributed by atoms with van der Waals surface area (Å²) in [5.74, 6) is -0.717. The van der Waals surface area contributed by atoms with E-state index >= 15 is 0 Å². The number of carbonyl (C=O) groups excluding carboxylic acids is 1. The minimum absolute atomic E-state index is 0.0255. The van der Waals surface area contributed by atoms with E-state index in [1.807, 2.05) is 21.6 Å². The molecular weight excluding hydrogens is 483 g/mol. The molecule has 194 valence electrons. The molecule has 0 saturated heterocycles. The van der Waals surface area contributed by atoms with Crippen LogP contribution < -0.4 is 0 Å². The average molecular weight is 512 g/mol. The van der Waals surface area contributed by atoms with Gasteiger partial charge >= 0.3 is 12.1 Å². The Balaban J connectivity index is 1.28. The lowest BCUT2D eigenvalue weighted by molar-refractivity contribution is -0.148. The van der Waals surface area contributed by atoms with Gasteiger partial charge in [-0.1, -0.05) is 12.1 Å². The van der Waals surface area contributed by atoms with Crippen LogP contribution >= 0.6 is 0 Å². The predicted octanol–water partition coefficient (Wildman–Crippen LogP) is 5.41. The molecule has 2 saturated carbocycles. The lowest BCUT2D eigenvalue weighted by atomic mass is 9.80. The molecule has 1 aliphatic heterocycles. The molecule has 6 nitrogen and oxygen atoms in total. The van der Waals surface area contributed by atoms with Gasteiger partial charge in [0.05, 0.1) is 17.5 Å². The maximum atomic E-state index is 13.5. The Morgan fingerprint density at radius 1 is 1.08 bits per heavy atom. The van der Waals surface area contributed by atoms with Crippen molar-refractivity contribution in [2.24, 2.45) is 10.8 Å². The summed E-state index contributed by atoms with van der Waals surface area (Å²) in [5.41, 5.74) is 1.62. The molecule has 1 aromatic carbocycles. The van der Waals surface area contributed by atoms with Crippen molar-refractivity contribution in [3.8, 4) is 0 Å². The number of alkyl halides is 3. The summed E-state index contributed by atoms with van der Waals surface area (Å²) >= 11 is 0. The van der Waals surface area contributed by atoms with Gasteiger partial charge in [0, 0.05) is 36.8 Å². The highest BCUT2D eigenvalue weighted by Gasteiger charge is 2.58. The third kappa shape index (κ3) is 3.99. The fraction of sp³-hybridized carbons (Fsp3) is 0.464. The Morgan fingerprint density at radius 3 is 2.57 bits per heavy atom. The molecule has 2 aromatic heterocycles. The van der Waals surface area contributed by atoms with Crippen molar-refractivity contribution in [3.05, 3.63) is 65.0 Å². The zero-order valence-corrected chi connectivity index (χ0v) is 20.4. The van der Waals surface area contributed by atoms with Crippen molar-refractivity contribution in [1.29, 1.82) is 0 Å². The Kier molecular flexibility index (Phi) is 5.40. The van der Waals surface area contributed by atoms with Gasteiger partial charge in [0.25, 0.3) is 0 Å². The fourth-order valence-electron chi connectivity index (χ4n) is 6.96. The van der Waals surface area contributed by atoms with Crippen LogP contribution in [-0.2, 0) is 35.3 Å². The first-order chi connectivity index (χ1) is 17.6. The summed E-state index contributed by atoms with van der Waals surface area (Å²) in [7, 11) is 0. The molecule has 3 aliphatic rings. The quantitative estimate of drug-likeness (QED) is 0.497. The van der Waals surface area contributed by atoms with Crippen LogP contribution in [0, 0.1) is 10.8 Å². The van der Waals surface area contributed by atoms with E-state index in [1.165, 1.54) is 12.1 Å². The standard InChI is InChI=1S/C28H28F3N3O3/c29-28(30,31)19-4-1-3-18(13-19)15-34-22-16-33(12-6-20(22)21-5-2-11-32-24(21)34)23(35)14-26-7-9-27(17-26,10-8-26)25(36)37/h1-5,11,13H,6-10,12,14-17H2,(H,36,37). The molecule has 9 heteroatoms. The molecular formula is C28H28F3N3O3.